The van der Waals surface area contributed by atoms with Gasteiger partial charge in [-0.25, -0.2) is 19.2 Å². The lowest BCUT2D eigenvalue weighted by molar-refractivity contribution is 0.0371. The van der Waals surface area contributed by atoms with Gasteiger partial charge < -0.3 is 14.5 Å². The number of carbonyl (C=O) groups is 1. The fourth-order valence-electron chi connectivity index (χ4n) is 3.80. The fraction of sp³-hybridized carbons (Fsp3) is 0.375. The first-order chi connectivity index (χ1) is 14.8. The molecule has 31 heavy (non-hydrogen) atoms. The van der Waals surface area contributed by atoms with Crippen LogP contribution in [0, 0.1) is 19.7 Å². The minimum absolute atomic E-state index is 0.226. The molecule has 1 aliphatic heterocycles. The number of para-hydroxylation sites is 1. The van der Waals surface area contributed by atoms with Gasteiger partial charge in [-0.1, -0.05) is 12.1 Å². The molecule has 3 aromatic rings. The number of carbonyl (C=O) groups excluding carboxylic acids is 1. The molecule has 2 aromatic carbocycles. The lowest BCUT2D eigenvalue weighted by Gasteiger charge is -2.37. The molecule has 1 aliphatic rings. The van der Waals surface area contributed by atoms with Crippen LogP contribution in [0.2, 0.25) is 0 Å². The second-order valence-electron chi connectivity index (χ2n) is 8.20. The van der Waals surface area contributed by atoms with E-state index in [1.165, 1.54) is 6.07 Å². The van der Waals surface area contributed by atoms with Crippen molar-refractivity contribution in [2.24, 2.45) is 0 Å². The number of nitrogens with zero attached hydrogens (tertiary/aromatic N) is 4. The number of aryl methyl sites for hydroxylation is 2. The molecular formula is C24H27FN4O2. The summed E-state index contributed by atoms with van der Waals surface area (Å²) < 4.78 is 19.6. The molecule has 1 fully saturated rings. The van der Waals surface area contributed by atoms with Crippen molar-refractivity contribution >= 4 is 28.5 Å². The quantitative estimate of drug-likeness (QED) is 0.585. The molecule has 0 N–H and O–H groups in total. The van der Waals surface area contributed by atoms with Crippen molar-refractivity contribution in [2.75, 3.05) is 36.0 Å². The van der Waals surface area contributed by atoms with Crippen molar-refractivity contribution in [3.8, 4) is 0 Å². The first kappa shape index (κ1) is 21.0. The number of piperazine rings is 1. The zero-order chi connectivity index (χ0) is 22.1. The van der Waals surface area contributed by atoms with E-state index in [4.69, 9.17) is 9.72 Å². The van der Waals surface area contributed by atoms with E-state index >= 15 is 0 Å². The normalized spacial score (nSPS) is 14.4. The van der Waals surface area contributed by atoms with E-state index in [2.05, 4.69) is 4.98 Å². The van der Waals surface area contributed by atoms with Crippen molar-refractivity contribution in [1.82, 2.24) is 9.97 Å². The maximum absolute atomic E-state index is 14.2. The number of rotatable bonds is 4. The summed E-state index contributed by atoms with van der Waals surface area (Å²) in [5, 5.41) is 0. The third kappa shape index (κ3) is 4.31. The number of hydrogen-bond donors (Lipinski definition) is 0. The van der Waals surface area contributed by atoms with Crippen LogP contribution in [0.4, 0.5) is 15.9 Å². The van der Waals surface area contributed by atoms with E-state index < -0.39 is 5.97 Å². The van der Waals surface area contributed by atoms with Crippen LogP contribution in [0.1, 0.15) is 35.5 Å². The van der Waals surface area contributed by atoms with E-state index in [1.54, 1.807) is 12.1 Å². The monoisotopic (exact) mass is 422 g/mol. The van der Waals surface area contributed by atoms with Gasteiger partial charge in [0.1, 0.15) is 5.82 Å². The van der Waals surface area contributed by atoms with E-state index in [1.807, 2.05) is 55.7 Å². The summed E-state index contributed by atoms with van der Waals surface area (Å²) in [4.78, 5) is 26.3. The topological polar surface area (TPSA) is 58.6 Å². The molecular weight excluding hydrogens is 395 g/mol. The van der Waals surface area contributed by atoms with Crippen LogP contribution in [-0.2, 0) is 4.74 Å². The average molecular weight is 423 g/mol. The van der Waals surface area contributed by atoms with Crippen LogP contribution in [0.25, 0.3) is 11.0 Å². The van der Waals surface area contributed by atoms with Crippen molar-refractivity contribution < 1.29 is 13.9 Å². The van der Waals surface area contributed by atoms with Crippen LogP contribution in [0.3, 0.4) is 0 Å². The summed E-state index contributed by atoms with van der Waals surface area (Å²) in [6.07, 6.45) is -0.254. The second-order valence-corrected chi connectivity index (χ2v) is 8.20. The fourth-order valence-corrected chi connectivity index (χ4v) is 3.80. The highest BCUT2D eigenvalue weighted by Gasteiger charge is 2.27. The first-order valence-electron chi connectivity index (χ1n) is 10.6. The molecule has 0 spiro atoms. The Labute approximate surface area is 181 Å². The molecule has 0 bridgehead atoms. The molecule has 4 rings (SSSR count). The van der Waals surface area contributed by atoms with E-state index in [0.717, 1.165) is 16.6 Å². The molecule has 2 heterocycles. The van der Waals surface area contributed by atoms with Crippen molar-refractivity contribution in [2.45, 2.75) is 33.8 Å². The first-order valence-corrected chi connectivity index (χ1v) is 10.6. The van der Waals surface area contributed by atoms with Gasteiger partial charge in [-0.2, -0.15) is 0 Å². The summed E-state index contributed by atoms with van der Waals surface area (Å²) in [7, 11) is 0. The molecule has 0 amide bonds. The minimum atomic E-state index is -0.478. The average Bonchev–Trinajstić information content (AvgIpc) is 2.74. The second kappa shape index (κ2) is 8.49. The molecule has 6 nitrogen and oxygen atoms in total. The number of fused-ring (bicyclic) bond motifs is 1. The van der Waals surface area contributed by atoms with Crippen LogP contribution in [0.5, 0.6) is 0 Å². The summed E-state index contributed by atoms with van der Waals surface area (Å²) >= 11 is 0. The lowest BCUT2D eigenvalue weighted by atomic mass is 10.1. The molecule has 0 aliphatic carbocycles. The zero-order valence-corrected chi connectivity index (χ0v) is 18.4. The third-order valence-electron chi connectivity index (χ3n) is 5.57. The van der Waals surface area contributed by atoms with Gasteiger partial charge in [0.25, 0.3) is 0 Å². The van der Waals surface area contributed by atoms with Crippen LogP contribution in [0.15, 0.2) is 36.4 Å². The highest BCUT2D eigenvalue weighted by Crippen LogP contribution is 2.27. The van der Waals surface area contributed by atoms with Gasteiger partial charge in [0.05, 0.1) is 22.8 Å². The highest BCUT2D eigenvalue weighted by atomic mass is 19.1. The van der Waals surface area contributed by atoms with Crippen molar-refractivity contribution in [3.63, 3.8) is 0 Å². The van der Waals surface area contributed by atoms with Crippen molar-refractivity contribution in [1.29, 1.82) is 0 Å². The Morgan fingerprint density at radius 1 is 0.968 bits per heavy atom. The number of anilines is 2. The molecule has 1 aromatic heterocycles. The van der Waals surface area contributed by atoms with Gasteiger partial charge in [0.2, 0.25) is 0 Å². The van der Waals surface area contributed by atoms with Crippen LogP contribution in [-0.4, -0.2) is 48.2 Å². The summed E-state index contributed by atoms with van der Waals surface area (Å²) in [5.74, 6) is -0.183. The van der Waals surface area contributed by atoms with Gasteiger partial charge in [-0.05, 0) is 63.1 Å². The maximum Gasteiger partial charge on any atom is 0.361 e. The number of esters is 1. The predicted molar refractivity (Wildman–Crippen MR) is 120 cm³/mol. The molecule has 0 atom stereocenters. The molecule has 7 heteroatoms. The Bertz CT molecular complexity index is 1120. The summed E-state index contributed by atoms with van der Waals surface area (Å²) in [6.45, 7) is 10.1. The number of ether oxygens (including phenoxy) is 1. The Balaban J connectivity index is 1.68. The van der Waals surface area contributed by atoms with Gasteiger partial charge >= 0.3 is 5.97 Å². The van der Waals surface area contributed by atoms with Gasteiger partial charge in [-0.3, -0.25) is 0 Å². The predicted octanol–water partition coefficient (Wildman–Crippen LogP) is 4.28. The minimum Gasteiger partial charge on any atom is -0.458 e. The Kier molecular flexibility index (Phi) is 5.76. The van der Waals surface area contributed by atoms with Crippen LogP contribution >= 0.6 is 0 Å². The number of benzene rings is 2. The number of halogens is 1. The van der Waals surface area contributed by atoms with E-state index in [-0.39, 0.29) is 17.6 Å². The summed E-state index contributed by atoms with van der Waals surface area (Å²) in [5.41, 5.74) is 4.45. The largest absolute Gasteiger partial charge is 0.458 e. The third-order valence-corrected chi connectivity index (χ3v) is 5.57. The van der Waals surface area contributed by atoms with Gasteiger partial charge in [0, 0.05) is 26.2 Å². The lowest BCUT2D eigenvalue weighted by Crippen LogP contribution is -2.47. The number of hydrogen-bond acceptors (Lipinski definition) is 6. The standard InChI is InChI=1S/C24H27FN4O2/c1-15(2)31-24(30)22-23(27-20-14-17(4)16(3)13-19(20)26-22)29-11-9-28(10-12-29)21-8-6-5-7-18(21)25/h5-8,13-15H,9-12H2,1-4H3. The van der Waals surface area contributed by atoms with E-state index in [0.29, 0.717) is 43.2 Å². The Morgan fingerprint density at radius 3 is 2.16 bits per heavy atom. The molecule has 162 valence electrons. The number of aromatic nitrogens is 2. The van der Waals surface area contributed by atoms with Crippen LogP contribution < -0.4 is 9.80 Å². The van der Waals surface area contributed by atoms with Gasteiger partial charge in [0.15, 0.2) is 11.5 Å². The highest BCUT2D eigenvalue weighted by molar-refractivity contribution is 5.95. The molecule has 0 unspecified atom stereocenters. The van der Waals surface area contributed by atoms with Crippen molar-refractivity contribution in [3.05, 3.63) is 59.0 Å². The molecule has 0 saturated carbocycles. The smallest absolute Gasteiger partial charge is 0.361 e. The SMILES string of the molecule is Cc1cc2nc(C(=O)OC(C)C)c(N3CCN(c4ccccc4F)CC3)nc2cc1C. The zero-order valence-electron chi connectivity index (χ0n) is 18.4. The molecule has 1 saturated heterocycles. The maximum atomic E-state index is 14.2. The Morgan fingerprint density at radius 2 is 1.55 bits per heavy atom. The van der Waals surface area contributed by atoms with Gasteiger partial charge in [-0.15, -0.1) is 0 Å². The van der Waals surface area contributed by atoms with E-state index in [9.17, 15) is 9.18 Å². The summed E-state index contributed by atoms with van der Waals surface area (Å²) in [6, 6.07) is 10.7. The molecule has 0 radical (unpaired) electrons. The Hall–Kier alpha value is -3.22.